The van der Waals surface area contributed by atoms with E-state index in [1.165, 1.54) is 22.3 Å². The van der Waals surface area contributed by atoms with Crippen LogP contribution in [-0.2, 0) is 6.54 Å². The fraction of sp³-hybridized carbons (Fsp3) is 0.0909. The van der Waals surface area contributed by atoms with Crippen molar-refractivity contribution < 1.29 is 0 Å². The van der Waals surface area contributed by atoms with Crippen molar-refractivity contribution in [2.45, 2.75) is 12.5 Å². The Morgan fingerprint density at radius 3 is 2.56 bits per heavy atom. The van der Waals surface area contributed by atoms with Crippen molar-refractivity contribution in [2.75, 3.05) is 0 Å². The molecule has 4 aromatic rings. The van der Waals surface area contributed by atoms with Gasteiger partial charge in [-0.15, -0.1) is 0 Å². The number of rotatable bonds is 3. The van der Waals surface area contributed by atoms with Gasteiger partial charge in [0, 0.05) is 12.5 Å². The molecule has 0 N–H and O–H groups in total. The van der Waals surface area contributed by atoms with Gasteiger partial charge in [0.1, 0.15) is 0 Å². The zero-order valence-corrected chi connectivity index (χ0v) is 13.6. The Bertz CT molecular complexity index is 1150. The van der Waals surface area contributed by atoms with E-state index in [0.29, 0.717) is 17.8 Å². The van der Waals surface area contributed by atoms with E-state index < -0.39 is 0 Å². The van der Waals surface area contributed by atoms with Crippen LogP contribution in [0.3, 0.4) is 0 Å². The van der Waals surface area contributed by atoms with Crippen LogP contribution in [0.25, 0.3) is 22.0 Å². The average Bonchev–Trinajstić information content (AvgIpc) is 3.38. The Hall–Kier alpha value is -3.20. The second-order valence-electron chi connectivity index (χ2n) is 6.45. The second kappa shape index (κ2) is 5.42. The number of hydrogen-bond acceptors (Lipinski definition) is 2. The largest absolute Gasteiger partial charge is 0.298 e. The molecule has 0 spiro atoms. The normalized spacial score (nSPS) is 15.1. The highest BCUT2D eigenvalue weighted by Crippen LogP contribution is 2.49. The summed E-state index contributed by atoms with van der Waals surface area (Å²) in [6, 6.07) is 24.3. The van der Waals surface area contributed by atoms with Crippen LogP contribution in [0.2, 0.25) is 0 Å². The lowest BCUT2D eigenvalue weighted by molar-refractivity contribution is 0.653. The maximum absolute atomic E-state index is 12.7. The minimum absolute atomic E-state index is 0.0321. The van der Waals surface area contributed by atoms with Crippen LogP contribution in [0.1, 0.15) is 17.0 Å². The van der Waals surface area contributed by atoms with Crippen LogP contribution in [0.4, 0.5) is 0 Å². The fourth-order valence-electron chi connectivity index (χ4n) is 3.67. The zero-order chi connectivity index (χ0) is 16.8. The Kier molecular flexibility index (Phi) is 3.07. The summed E-state index contributed by atoms with van der Waals surface area (Å²) in [4.78, 5) is 17.1. The van der Waals surface area contributed by atoms with Gasteiger partial charge < -0.3 is 0 Å². The molecule has 1 aromatic heterocycles. The summed E-state index contributed by atoms with van der Waals surface area (Å²) in [5.41, 5.74) is 5.97. The molecule has 0 fully saturated rings. The van der Waals surface area contributed by atoms with Gasteiger partial charge in [-0.3, -0.25) is 9.36 Å². The summed E-state index contributed by atoms with van der Waals surface area (Å²) in [5.74, 6) is 0.297. The fourth-order valence-corrected chi connectivity index (χ4v) is 3.67. The molecule has 1 aliphatic rings. The van der Waals surface area contributed by atoms with Gasteiger partial charge >= 0.3 is 0 Å². The summed E-state index contributed by atoms with van der Waals surface area (Å²) in [7, 11) is 0. The third kappa shape index (κ3) is 2.28. The Labute approximate surface area is 145 Å². The summed E-state index contributed by atoms with van der Waals surface area (Å²) in [5, 5.41) is 0.679. The van der Waals surface area contributed by atoms with Crippen molar-refractivity contribution in [2.24, 2.45) is 0 Å². The van der Waals surface area contributed by atoms with Crippen LogP contribution in [0, 0.1) is 0 Å². The predicted molar refractivity (Wildman–Crippen MR) is 99.7 cm³/mol. The van der Waals surface area contributed by atoms with Crippen molar-refractivity contribution in [3.05, 3.63) is 101 Å². The van der Waals surface area contributed by atoms with Gasteiger partial charge in [-0.05, 0) is 34.4 Å². The number of aromatic nitrogens is 2. The number of benzene rings is 3. The molecule has 1 atom stereocenters. The first-order valence-electron chi connectivity index (χ1n) is 8.45. The lowest BCUT2D eigenvalue weighted by Gasteiger charge is -2.06. The maximum Gasteiger partial charge on any atom is 0.261 e. The van der Waals surface area contributed by atoms with Crippen LogP contribution >= 0.6 is 0 Å². The molecule has 1 aliphatic carbocycles. The van der Waals surface area contributed by atoms with E-state index in [1.54, 1.807) is 10.9 Å². The molecule has 3 heteroatoms. The maximum atomic E-state index is 12.7. The summed E-state index contributed by atoms with van der Waals surface area (Å²) >= 11 is 0. The quantitative estimate of drug-likeness (QED) is 0.566. The minimum atomic E-state index is 0.0321. The van der Waals surface area contributed by atoms with Crippen molar-refractivity contribution in [3.8, 4) is 11.1 Å². The summed E-state index contributed by atoms with van der Waals surface area (Å²) in [6.07, 6.45) is 1.67. The van der Waals surface area contributed by atoms with Crippen LogP contribution in [-0.4, -0.2) is 9.55 Å². The number of nitrogens with zero attached hydrogens (tertiary/aromatic N) is 2. The number of para-hydroxylation sites is 1. The molecule has 1 heterocycles. The van der Waals surface area contributed by atoms with Crippen molar-refractivity contribution in [1.29, 1.82) is 0 Å². The van der Waals surface area contributed by atoms with Crippen LogP contribution in [0.15, 0.2) is 83.9 Å². The Morgan fingerprint density at radius 2 is 1.68 bits per heavy atom. The monoisotopic (exact) mass is 324 g/mol. The number of hydrogen-bond donors (Lipinski definition) is 0. The van der Waals surface area contributed by atoms with Crippen molar-refractivity contribution in [3.63, 3.8) is 0 Å². The third-order valence-electron chi connectivity index (χ3n) is 4.98. The molecular formula is C22H16N2O. The molecule has 0 radical (unpaired) electrons. The first-order chi connectivity index (χ1) is 12.3. The van der Waals surface area contributed by atoms with Gasteiger partial charge in [0.25, 0.3) is 5.56 Å². The van der Waals surface area contributed by atoms with Crippen LogP contribution < -0.4 is 5.56 Å². The average molecular weight is 324 g/mol. The van der Waals surface area contributed by atoms with E-state index in [0.717, 1.165) is 5.52 Å². The smallest absolute Gasteiger partial charge is 0.261 e. The number of fused-ring (bicyclic) bond motifs is 2. The molecule has 25 heavy (non-hydrogen) atoms. The lowest BCUT2D eigenvalue weighted by Crippen LogP contribution is -2.21. The van der Waals surface area contributed by atoms with Gasteiger partial charge in [-0.2, -0.15) is 0 Å². The molecule has 3 nitrogen and oxygen atoms in total. The molecule has 0 bridgehead atoms. The molecular weight excluding hydrogens is 308 g/mol. The Balaban J connectivity index is 1.52. The first kappa shape index (κ1) is 14.2. The van der Waals surface area contributed by atoms with E-state index in [-0.39, 0.29) is 5.56 Å². The molecule has 5 rings (SSSR count). The molecule has 3 aromatic carbocycles. The van der Waals surface area contributed by atoms with E-state index >= 15 is 0 Å². The highest BCUT2D eigenvalue weighted by molar-refractivity contribution is 5.78. The third-order valence-corrected chi connectivity index (χ3v) is 4.98. The molecule has 0 aliphatic heterocycles. The topological polar surface area (TPSA) is 34.9 Å². The molecule has 1 unspecified atom stereocenters. The van der Waals surface area contributed by atoms with Crippen molar-refractivity contribution in [1.82, 2.24) is 9.55 Å². The summed E-state index contributed by atoms with van der Waals surface area (Å²) in [6.45, 7) is 0.649. The van der Waals surface area contributed by atoms with Gasteiger partial charge in [-0.1, -0.05) is 60.7 Å². The zero-order valence-electron chi connectivity index (χ0n) is 13.6. The van der Waals surface area contributed by atoms with Gasteiger partial charge in [0.05, 0.1) is 17.2 Å². The highest BCUT2D eigenvalue weighted by Gasteiger charge is 2.35. The SMILES string of the molecule is O=c1c2ccccc2ncn1CC1c2cccc(-c3ccccc3)c21. The molecule has 0 saturated carbocycles. The minimum Gasteiger partial charge on any atom is -0.298 e. The van der Waals surface area contributed by atoms with Gasteiger partial charge in [0.15, 0.2) is 0 Å². The van der Waals surface area contributed by atoms with Crippen LogP contribution in [0.5, 0.6) is 0 Å². The molecule has 120 valence electrons. The van der Waals surface area contributed by atoms with E-state index in [1.807, 2.05) is 30.3 Å². The van der Waals surface area contributed by atoms with E-state index in [9.17, 15) is 4.79 Å². The first-order valence-corrected chi connectivity index (χ1v) is 8.45. The van der Waals surface area contributed by atoms with Crippen molar-refractivity contribution >= 4 is 10.9 Å². The molecule has 0 amide bonds. The highest BCUT2D eigenvalue weighted by atomic mass is 16.1. The lowest BCUT2D eigenvalue weighted by atomic mass is 10.0. The predicted octanol–water partition coefficient (Wildman–Crippen LogP) is 4.21. The second-order valence-corrected chi connectivity index (χ2v) is 6.45. The van der Waals surface area contributed by atoms with Gasteiger partial charge in [0.2, 0.25) is 0 Å². The summed E-state index contributed by atoms with van der Waals surface area (Å²) < 4.78 is 1.74. The van der Waals surface area contributed by atoms with E-state index in [4.69, 9.17) is 0 Å². The van der Waals surface area contributed by atoms with E-state index in [2.05, 4.69) is 47.4 Å². The Morgan fingerprint density at radius 1 is 0.880 bits per heavy atom. The molecule has 0 saturated heterocycles. The van der Waals surface area contributed by atoms with Gasteiger partial charge in [-0.25, -0.2) is 4.98 Å². The standard InChI is InChI=1S/C22H16N2O/c25-22-18-9-4-5-12-20(18)23-14-24(22)13-19-17-11-6-10-16(21(17)19)15-7-2-1-3-8-15/h1-12,14,19H,13H2.